The van der Waals surface area contributed by atoms with Gasteiger partial charge in [-0.3, -0.25) is 4.79 Å². The SMILES string of the molecule is O=C(NCC1CCCNC1)c1cccc(S(=O)(=O)N2CCCCC2)c1. The van der Waals surface area contributed by atoms with E-state index in [1.54, 1.807) is 18.2 Å². The molecule has 1 aromatic rings. The molecule has 2 aliphatic heterocycles. The highest BCUT2D eigenvalue weighted by atomic mass is 32.2. The van der Waals surface area contributed by atoms with E-state index >= 15 is 0 Å². The Morgan fingerprint density at radius 2 is 2.00 bits per heavy atom. The van der Waals surface area contributed by atoms with Crippen LogP contribution in [0.4, 0.5) is 0 Å². The molecule has 0 spiro atoms. The number of carbonyl (C=O) groups is 1. The maximum absolute atomic E-state index is 12.8. The number of rotatable bonds is 5. The second kappa shape index (κ2) is 8.29. The smallest absolute Gasteiger partial charge is 0.251 e. The van der Waals surface area contributed by atoms with Crippen molar-refractivity contribution in [2.45, 2.75) is 37.0 Å². The van der Waals surface area contributed by atoms with E-state index in [4.69, 9.17) is 0 Å². The van der Waals surface area contributed by atoms with Gasteiger partial charge < -0.3 is 10.6 Å². The van der Waals surface area contributed by atoms with Gasteiger partial charge in [0.25, 0.3) is 5.91 Å². The number of amides is 1. The molecular formula is C18H27N3O3S. The summed E-state index contributed by atoms with van der Waals surface area (Å²) in [5.74, 6) is 0.235. The second-order valence-corrected chi connectivity index (χ2v) is 8.85. The van der Waals surface area contributed by atoms with Crippen molar-refractivity contribution in [3.63, 3.8) is 0 Å². The Bertz CT molecular complexity index is 693. The van der Waals surface area contributed by atoms with Gasteiger partial charge in [0.2, 0.25) is 10.0 Å². The Morgan fingerprint density at radius 3 is 2.72 bits per heavy atom. The van der Waals surface area contributed by atoms with Crippen LogP contribution in [0.3, 0.4) is 0 Å². The third-order valence-electron chi connectivity index (χ3n) is 5.00. The topological polar surface area (TPSA) is 78.5 Å². The average Bonchev–Trinajstić information content (AvgIpc) is 2.67. The van der Waals surface area contributed by atoms with E-state index in [0.717, 1.165) is 45.2 Å². The first kappa shape index (κ1) is 18.4. The minimum atomic E-state index is -3.51. The molecule has 138 valence electrons. The van der Waals surface area contributed by atoms with Crippen molar-refractivity contribution >= 4 is 15.9 Å². The lowest BCUT2D eigenvalue weighted by Gasteiger charge is -2.26. The Kier molecular flexibility index (Phi) is 6.09. The summed E-state index contributed by atoms with van der Waals surface area (Å²) in [5, 5.41) is 6.27. The van der Waals surface area contributed by atoms with Crippen LogP contribution in [0.1, 0.15) is 42.5 Å². The fourth-order valence-corrected chi connectivity index (χ4v) is 5.05. The van der Waals surface area contributed by atoms with Crippen LogP contribution < -0.4 is 10.6 Å². The molecule has 0 aliphatic carbocycles. The molecule has 6 nitrogen and oxygen atoms in total. The summed E-state index contributed by atoms with van der Waals surface area (Å²) in [4.78, 5) is 12.6. The van der Waals surface area contributed by atoms with Crippen molar-refractivity contribution in [3.05, 3.63) is 29.8 Å². The van der Waals surface area contributed by atoms with E-state index < -0.39 is 10.0 Å². The monoisotopic (exact) mass is 365 g/mol. The average molecular weight is 365 g/mol. The molecule has 3 rings (SSSR count). The Morgan fingerprint density at radius 1 is 1.20 bits per heavy atom. The number of sulfonamides is 1. The normalized spacial score (nSPS) is 22.5. The van der Waals surface area contributed by atoms with Crippen LogP contribution in [0, 0.1) is 5.92 Å². The van der Waals surface area contributed by atoms with E-state index in [-0.39, 0.29) is 10.8 Å². The molecule has 2 saturated heterocycles. The highest BCUT2D eigenvalue weighted by Gasteiger charge is 2.26. The summed E-state index contributed by atoms with van der Waals surface area (Å²) in [6, 6.07) is 6.39. The zero-order valence-corrected chi connectivity index (χ0v) is 15.4. The molecule has 2 aliphatic rings. The molecule has 0 radical (unpaired) electrons. The summed E-state index contributed by atoms with van der Waals surface area (Å²) in [7, 11) is -3.51. The van der Waals surface area contributed by atoms with Gasteiger partial charge in [0, 0.05) is 25.2 Å². The molecule has 1 aromatic carbocycles. The largest absolute Gasteiger partial charge is 0.352 e. The van der Waals surface area contributed by atoms with Crippen molar-refractivity contribution in [2.75, 3.05) is 32.7 Å². The van der Waals surface area contributed by atoms with Crippen molar-refractivity contribution in [3.8, 4) is 0 Å². The quantitative estimate of drug-likeness (QED) is 0.831. The molecule has 2 fully saturated rings. The summed E-state index contributed by atoms with van der Waals surface area (Å²) in [5.41, 5.74) is 0.404. The predicted molar refractivity (Wildman–Crippen MR) is 97.0 cm³/mol. The van der Waals surface area contributed by atoms with Crippen LogP contribution in [-0.4, -0.2) is 51.4 Å². The van der Waals surface area contributed by atoms with Gasteiger partial charge in [0.05, 0.1) is 4.90 Å². The predicted octanol–water partition coefficient (Wildman–Crippen LogP) is 1.59. The van der Waals surface area contributed by atoms with Crippen LogP contribution >= 0.6 is 0 Å². The molecule has 1 atom stereocenters. The lowest BCUT2D eigenvalue weighted by molar-refractivity contribution is 0.0944. The molecule has 0 aromatic heterocycles. The van der Waals surface area contributed by atoms with Gasteiger partial charge in [-0.25, -0.2) is 8.42 Å². The second-order valence-electron chi connectivity index (χ2n) is 6.91. The number of nitrogens with one attached hydrogen (secondary N) is 2. The number of benzene rings is 1. The van der Waals surface area contributed by atoms with Crippen molar-refractivity contribution in [1.82, 2.24) is 14.9 Å². The molecule has 2 N–H and O–H groups in total. The molecule has 1 amide bonds. The van der Waals surface area contributed by atoms with E-state index in [1.165, 1.54) is 10.4 Å². The van der Waals surface area contributed by atoms with Gasteiger partial charge in [-0.2, -0.15) is 4.31 Å². The molecular weight excluding hydrogens is 338 g/mol. The van der Waals surface area contributed by atoms with Gasteiger partial charge in [0.15, 0.2) is 0 Å². The van der Waals surface area contributed by atoms with Crippen LogP contribution in [0.5, 0.6) is 0 Å². The van der Waals surface area contributed by atoms with E-state index in [2.05, 4.69) is 10.6 Å². The molecule has 2 heterocycles. The van der Waals surface area contributed by atoms with E-state index in [9.17, 15) is 13.2 Å². The van der Waals surface area contributed by atoms with Gasteiger partial charge in [-0.15, -0.1) is 0 Å². The molecule has 7 heteroatoms. The maximum atomic E-state index is 12.8. The van der Waals surface area contributed by atoms with Crippen LogP contribution in [0.25, 0.3) is 0 Å². The molecule has 1 unspecified atom stereocenters. The molecule has 0 saturated carbocycles. The number of hydrogen-bond acceptors (Lipinski definition) is 4. The minimum absolute atomic E-state index is 0.207. The first-order valence-corrected chi connectivity index (χ1v) is 10.6. The number of piperidine rings is 2. The van der Waals surface area contributed by atoms with Gasteiger partial charge in [-0.05, 0) is 62.9 Å². The number of hydrogen-bond donors (Lipinski definition) is 2. The van der Waals surface area contributed by atoms with Gasteiger partial charge >= 0.3 is 0 Å². The van der Waals surface area contributed by atoms with Gasteiger partial charge in [-0.1, -0.05) is 12.5 Å². The maximum Gasteiger partial charge on any atom is 0.251 e. The summed E-state index contributed by atoms with van der Waals surface area (Å²) < 4.78 is 27.0. The van der Waals surface area contributed by atoms with Crippen molar-refractivity contribution in [1.29, 1.82) is 0 Å². The molecule has 25 heavy (non-hydrogen) atoms. The fourth-order valence-electron chi connectivity index (χ4n) is 3.49. The summed E-state index contributed by atoms with van der Waals surface area (Å²) in [6.45, 7) is 3.71. The lowest BCUT2D eigenvalue weighted by atomic mass is 10.00. The third-order valence-corrected chi connectivity index (χ3v) is 6.89. The molecule has 0 bridgehead atoms. The highest BCUT2D eigenvalue weighted by molar-refractivity contribution is 7.89. The van der Waals surface area contributed by atoms with Crippen molar-refractivity contribution < 1.29 is 13.2 Å². The number of carbonyl (C=O) groups excluding carboxylic acids is 1. The standard InChI is InChI=1S/C18H27N3O3S/c22-18(20-14-15-6-5-9-19-13-15)16-7-4-8-17(12-16)25(23,24)21-10-2-1-3-11-21/h4,7-8,12,15,19H,1-3,5-6,9-11,13-14H2,(H,20,22). The zero-order valence-electron chi connectivity index (χ0n) is 14.5. The van der Waals surface area contributed by atoms with E-state index in [1.807, 2.05) is 0 Å². The van der Waals surface area contributed by atoms with Crippen LogP contribution in [-0.2, 0) is 10.0 Å². The highest BCUT2D eigenvalue weighted by Crippen LogP contribution is 2.21. The lowest BCUT2D eigenvalue weighted by Crippen LogP contribution is -2.38. The Labute approximate surface area is 150 Å². The summed E-state index contributed by atoms with van der Waals surface area (Å²) >= 11 is 0. The third kappa shape index (κ3) is 4.59. The first-order valence-electron chi connectivity index (χ1n) is 9.16. The number of nitrogens with zero attached hydrogens (tertiary/aromatic N) is 1. The minimum Gasteiger partial charge on any atom is -0.352 e. The van der Waals surface area contributed by atoms with Crippen molar-refractivity contribution in [2.24, 2.45) is 5.92 Å². The van der Waals surface area contributed by atoms with Crippen LogP contribution in [0.15, 0.2) is 29.2 Å². The summed E-state index contributed by atoms with van der Waals surface area (Å²) in [6.07, 6.45) is 5.11. The van der Waals surface area contributed by atoms with E-state index in [0.29, 0.717) is 31.1 Å². The Balaban J connectivity index is 1.66. The Hall–Kier alpha value is -1.44. The van der Waals surface area contributed by atoms with Gasteiger partial charge in [0.1, 0.15) is 0 Å². The fraction of sp³-hybridized carbons (Fsp3) is 0.611. The zero-order chi connectivity index (χ0) is 17.7. The van der Waals surface area contributed by atoms with Crippen LogP contribution in [0.2, 0.25) is 0 Å². The first-order chi connectivity index (χ1) is 12.1.